The standard InChI is InChI=1S/C24H22N/c1-17-9-11-20-13-14-25(3)24(23(20)15-17)22-16-21(12-10-18(22)2)19-7-5-4-6-8-19/h4-16H,1-3H3/q+1. The number of pyridine rings is 1. The Morgan fingerprint density at radius 1 is 0.720 bits per heavy atom. The summed E-state index contributed by atoms with van der Waals surface area (Å²) in [6, 6.07) is 26.2. The lowest BCUT2D eigenvalue weighted by Crippen LogP contribution is -2.30. The SMILES string of the molecule is Cc1ccc2cc[n+](C)c(-c3cc(-c4ccccc4)ccc3C)c2c1. The fourth-order valence-corrected chi connectivity index (χ4v) is 3.50. The highest BCUT2D eigenvalue weighted by Crippen LogP contribution is 2.32. The molecule has 0 aliphatic carbocycles. The van der Waals surface area contributed by atoms with Gasteiger partial charge in [0.25, 0.3) is 0 Å². The van der Waals surface area contributed by atoms with Crippen LogP contribution in [-0.2, 0) is 7.05 Å². The topological polar surface area (TPSA) is 3.88 Å². The summed E-state index contributed by atoms with van der Waals surface area (Å²) in [7, 11) is 2.13. The molecule has 122 valence electrons. The van der Waals surface area contributed by atoms with E-state index in [1.54, 1.807) is 0 Å². The van der Waals surface area contributed by atoms with E-state index in [0.717, 1.165) is 0 Å². The number of rotatable bonds is 2. The van der Waals surface area contributed by atoms with Crippen LogP contribution in [0.1, 0.15) is 11.1 Å². The van der Waals surface area contributed by atoms with Gasteiger partial charge >= 0.3 is 0 Å². The van der Waals surface area contributed by atoms with Crippen molar-refractivity contribution in [3.8, 4) is 22.4 Å². The molecule has 1 heteroatoms. The summed E-state index contributed by atoms with van der Waals surface area (Å²) < 4.78 is 2.24. The molecular weight excluding hydrogens is 302 g/mol. The normalized spacial score (nSPS) is 11.0. The average Bonchev–Trinajstić information content (AvgIpc) is 2.63. The molecule has 0 unspecified atom stereocenters. The molecule has 0 atom stereocenters. The van der Waals surface area contributed by atoms with Crippen LogP contribution in [0.3, 0.4) is 0 Å². The number of hydrogen-bond donors (Lipinski definition) is 0. The molecule has 25 heavy (non-hydrogen) atoms. The minimum Gasteiger partial charge on any atom is -0.200 e. The second kappa shape index (κ2) is 6.18. The van der Waals surface area contributed by atoms with Gasteiger partial charge in [-0.25, -0.2) is 4.57 Å². The van der Waals surface area contributed by atoms with E-state index in [0.29, 0.717) is 0 Å². The Hall–Kier alpha value is -2.93. The van der Waals surface area contributed by atoms with Gasteiger partial charge in [-0.2, -0.15) is 0 Å². The molecular formula is C24H22N+. The quantitative estimate of drug-likeness (QED) is 0.422. The summed E-state index contributed by atoms with van der Waals surface area (Å²) in [5.41, 5.74) is 7.66. The summed E-state index contributed by atoms with van der Waals surface area (Å²) in [6.45, 7) is 4.35. The summed E-state index contributed by atoms with van der Waals surface area (Å²) in [4.78, 5) is 0. The lowest BCUT2D eigenvalue weighted by molar-refractivity contribution is -0.659. The molecule has 1 nitrogen and oxygen atoms in total. The van der Waals surface area contributed by atoms with Crippen LogP contribution in [-0.4, -0.2) is 0 Å². The third-order valence-corrected chi connectivity index (χ3v) is 4.89. The molecule has 0 saturated carbocycles. The summed E-state index contributed by atoms with van der Waals surface area (Å²) in [5, 5.41) is 2.58. The predicted molar refractivity (Wildman–Crippen MR) is 105 cm³/mol. The average molecular weight is 324 g/mol. The van der Waals surface area contributed by atoms with E-state index in [-0.39, 0.29) is 0 Å². The van der Waals surface area contributed by atoms with Crippen molar-refractivity contribution in [2.45, 2.75) is 13.8 Å². The number of benzene rings is 3. The van der Waals surface area contributed by atoms with Gasteiger partial charge in [0.1, 0.15) is 7.05 Å². The molecule has 0 saturated heterocycles. The Morgan fingerprint density at radius 3 is 2.32 bits per heavy atom. The van der Waals surface area contributed by atoms with Crippen LogP contribution in [0.5, 0.6) is 0 Å². The molecule has 0 radical (unpaired) electrons. The number of nitrogens with zero attached hydrogens (tertiary/aromatic N) is 1. The molecule has 4 aromatic rings. The first-order valence-corrected chi connectivity index (χ1v) is 8.69. The molecule has 1 heterocycles. The highest BCUT2D eigenvalue weighted by molar-refractivity contribution is 5.94. The van der Waals surface area contributed by atoms with Gasteiger partial charge in [0.05, 0.1) is 10.9 Å². The summed E-state index contributed by atoms with van der Waals surface area (Å²) in [6.07, 6.45) is 2.15. The molecule has 0 aliphatic heterocycles. The first kappa shape index (κ1) is 15.6. The molecule has 0 spiro atoms. The maximum absolute atomic E-state index is 2.32. The van der Waals surface area contributed by atoms with Crippen LogP contribution in [0.4, 0.5) is 0 Å². The zero-order valence-corrected chi connectivity index (χ0v) is 15.0. The zero-order valence-electron chi connectivity index (χ0n) is 15.0. The maximum Gasteiger partial charge on any atom is 0.220 e. The van der Waals surface area contributed by atoms with Crippen molar-refractivity contribution in [3.63, 3.8) is 0 Å². The second-order valence-corrected chi connectivity index (χ2v) is 6.76. The fourth-order valence-electron chi connectivity index (χ4n) is 3.50. The zero-order chi connectivity index (χ0) is 17.4. The largest absolute Gasteiger partial charge is 0.220 e. The van der Waals surface area contributed by atoms with E-state index in [1.807, 2.05) is 0 Å². The molecule has 4 rings (SSSR count). The van der Waals surface area contributed by atoms with Crippen LogP contribution in [0.25, 0.3) is 33.2 Å². The number of aromatic nitrogens is 1. The van der Waals surface area contributed by atoms with Crippen LogP contribution < -0.4 is 4.57 Å². The Labute approximate surface area is 149 Å². The van der Waals surface area contributed by atoms with Gasteiger partial charge in [0.2, 0.25) is 5.69 Å². The second-order valence-electron chi connectivity index (χ2n) is 6.76. The molecule has 0 aliphatic rings. The number of hydrogen-bond acceptors (Lipinski definition) is 0. The Balaban J connectivity index is 2.01. The predicted octanol–water partition coefficient (Wildman–Crippen LogP) is 5.62. The van der Waals surface area contributed by atoms with Gasteiger partial charge in [-0.3, -0.25) is 0 Å². The smallest absolute Gasteiger partial charge is 0.200 e. The van der Waals surface area contributed by atoms with E-state index in [2.05, 4.69) is 104 Å². The van der Waals surface area contributed by atoms with E-state index in [1.165, 1.54) is 44.3 Å². The molecule has 3 aromatic carbocycles. The van der Waals surface area contributed by atoms with Crippen molar-refractivity contribution in [2.75, 3.05) is 0 Å². The molecule has 1 aromatic heterocycles. The van der Waals surface area contributed by atoms with Gasteiger partial charge in [-0.05, 0) is 48.1 Å². The summed E-state index contributed by atoms with van der Waals surface area (Å²) in [5.74, 6) is 0. The lowest BCUT2D eigenvalue weighted by atomic mass is 9.94. The fraction of sp³-hybridized carbons (Fsp3) is 0.125. The minimum absolute atomic E-state index is 1.25. The third-order valence-electron chi connectivity index (χ3n) is 4.89. The Bertz CT molecular complexity index is 1060. The van der Waals surface area contributed by atoms with Crippen LogP contribution in [0.2, 0.25) is 0 Å². The van der Waals surface area contributed by atoms with E-state index < -0.39 is 0 Å². The Kier molecular flexibility index (Phi) is 3.85. The van der Waals surface area contributed by atoms with Gasteiger partial charge in [-0.1, -0.05) is 60.2 Å². The number of aryl methyl sites for hydroxylation is 3. The van der Waals surface area contributed by atoms with Crippen molar-refractivity contribution in [1.29, 1.82) is 0 Å². The van der Waals surface area contributed by atoms with Gasteiger partial charge < -0.3 is 0 Å². The van der Waals surface area contributed by atoms with Gasteiger partial charge in [0, 0.05) is 6.07 Å². The van der Waals surface area contributed by atoms with E-state index >= 15 is 0 Å². The Morgan fingerprint density at radius 2 is 1.52 bits per heavy atom. The lowest BCUT2D eigenvalue weighted by Gasteiger charge is -2.11. The monoisotopic (exact) mass is 324 g/mol. The first-order chi connectivity index (χ1) is 12.1. The highest BCUT2D eigenvalue weighted by Gasteiger charge is 2.18. The minimum atomic E-state index is 1.25. The van der Waals surface area contributed by atoms with Crippen molar-refractivity contribution in [2.24, 2.45) is 7.05 Å². The van der Waals surface area contributed by atoms with Gasteiger partial charge in [-0.15, -0.1) is 0 Å². The number of fused-ring (bicyclic) bond motifs is 1. The third kappa shape index (κ3) is 2.83. The van der Waals surface area contributed by atoms with E-state index in [9.17, 15) is 0 Å². The highest BCUT2D eigenvalue weighted by atomic mass is 14.9. The molecule has 0 fully saturated rings. The van der Waals surface area contributed by atoms with Gasteiger partial charge in [0.15, 0.2) is 6.20 Å². The molecule has 0 amide bonds. The van der Waals surface area contributed by atoms with Crippen molar-refractivity contribution < 1.29 is 4.57 Å². The van der Waals surface area contributed by atoms with Crippen LogP contribution in [0, 0.1) is 13.8 Å². The van der Waals surface area contributed by atoms with E-state index in [4.69, 9.17) is 0 Å². The maximum atomic E-state index is 2.32. The molecule has 0 N–H and O–H groups in total. The summed E-state index contributed by atoms with van der Waals surface area (Å²) >= 11 is 0. The van der Waals surface area contributed by atoms with Crippen LogP contribution >= 0.6 is 0 Å². The van der Waals surface area contributed by atoms with Crippen molar-refractivity contribution in [3.05, 3.63) is 90.1 Å². The van der Waals surface area contributed by atoms with Crippen molar-refractivity contribution in [1.82, 2.24) is 0 Å². The van der Waals surface area contributed by atoms with Crippen LogP contribution in [0.15, 0.2) is 79.0 Å². The molecule has 0 bridgehead atoms. The van der Waals surface area contributed by atoms with Crippen molar-refractivity contribution >= 4 is 10.8 Å². The first-order valence-electron chi connectivity index (χ1n) is 8.69.